The van der Waals surface area contributed by atoms with E-state index in [1.165, 1.54) is 0 Å². The van der Waals surface area contributed by atoms with Crippen LogP contribution >= 0.6 is 11.6 Å². The van der Waals surface area contributed by atoms with Crippen molar-refractivity contribution in [3.8, 4) is 0 Å². The van der Waals surface area contributed by atoms with E-state index < -0.39 is 6.10 Å². The van der Waals surface area contributed by atoms with E-state index in [0.29, 0.717) is 17.3 Å². The Labute approximate surface area is 112 Å². The van der Waals surface area contributed by atoms with Crippen molar-refractivity contribution in [2.45, 2.75) is 51.3 Å². The first-order valence-corrected chi connectivity index (χ1v) is 6.84. The van der Waals surface area contributed by atoms with Gasteiger partial charge in [0.2, 0.25) is 0 Å². The minimum absolute atomic E-state index is 0.134. The number of aliphatic hydroxyl groups is 1. The fourth-order valence-corrected chi connectivity index (χ4v) is 2.67. The summed E-state index contributed by atoms with van der Waals surface area (Å²) in [7, 11) is 0. The van der Waals surface area contributed by atoms with Crippen molar-refractivity contribution in [3.63, 3.8) is 0 Å². The molecular weight excluding hydrogens is 252 g/mol. The molecule has 1 aromatic heterocycles. The zero-order valence-corrected chi connectivity index (χ0v) is 11.3. The fourth-order valence-electron chi connectivity index (χ4n) is 2.45. The monoisotopic (exact) mass is 270 g/mol. The molecule has 4 nitrogen and oxygen atoms in total. The van der Waals surface area contributed by atoms with Gasteiger partial charge < -0.3 is 15.0 Å². The summed E-state index contributed by atoms with van der Waals surface area (Å²) in [6, 6.07) is 1.53. The van der Waals surface area contributed by atoms with E-state index in [4.69, 9.17) is 11.6 Å². The van der Waals surface area contributed by atoms with E-state index in [2.05, 4.69) is 5.32 Å². The molecule has 0 radical (unpaired) electrons. The SMILES string of the molecule is CCn1cc(Cl)cc1C(=O)N[C@H]1CCCC[C@@H]1O. The smallest absolute Gasteiger partial charge is 0.268 e. The zero-order chi connectivity index (χ0) is 13.1. The lowest BCUT2D eigenvalue weighted by molar-refractivity contribution is 0.0711. The quantitative estimate of drug-likeness (QED) is 0.885. The number of nitrogens with one attached hydrogen (secondary N) is 1. The molecule has 1 fully saturated rings. The van der Waals surface area contributed by atoms with Crippen LogP contribution in [-0.2, 0) is 6.54 Å². The fraction of sp³-hybridized carbons (Fsp3) is 0.615. The zero-order valence-electron chi connectivity index (χ0n) is 10.5. The Hall–Kier alpha value is -1.00. The van der Waals surface area contributed by atoms with Crippen molar-refractivity contribution in [1.29, 1.82) is 0 Å². The van der Waals surface area contributed by atoms with Crippen molar-refractivity contribution < 1.29 is 9.90 Å². The van der Waals surface area contributed by atoms with Crippen molar-refractivity contribution in [3.05, 3.63) is 23.0 Å². The average molecular weight is 271 g/mol. The Kier molecular flexibility index (Phi) is 4.30. The highest BCUT2D eigenvalue weighted by atomic mass is 35.5. The van der Waals surface area contributed by atoms with Crippen LogP contribution < -0.4 is 5.32 Å². The first-order chi connectivity index (χ1) is 8.61. The average Bonchev–Trinajstić information content (AvgIpc) is 2.73. The summed E-state index contributed by atoms with van der Waals surface area (Å²) in [6.07, 6.45) is 5.01. The third-order valence-electron chi connectivity index (χ3n) is 3.48. The molecule has 1 aliphatic rings. The second-order valence-corrected chi connectivity index (χ2v) is 5.20. The maximum atomic E-state index is 12.1. The number of aryl methyl sites for hydroxylation is 1. The van der Waals surface area contributed by atoms with Gasteiger partial charge in [0.05, 0.1) is 17.2 Å². The molecule has 1 saturated carbocycles. The van der Waals surface area contributed by atoms with Gasteiger partial charge in [-0.05, 0) is 25.8 Å². The van der Waals surface area contributed by atoms with Crippen LogP contribution in [0, 0.1) is 0 Å². The van der Waals surface area contributed by atoms with Crippen LogP contribution in [0.25, 0.3) is 0 Å². The van der Waals surface area contributed by atoms with Crippen LogP contribution in [0.5, 0.6) is 0 Å². The largest absolute Gasteiger partial charge is 0.391 e. The number of rotatable bonds is 3. The molecule has 0 aliphatic heterocycles. The predicted molar refractivity (Wildman–Crippen MR) is 70.8 cm³/mol. The van der Waals surface area contributed by atoms with Crippen LogP contribution in [0.15, 0.2) is 12.3 Å². The highest BCUT2D eigenvalue weighted by Gasteiger charge is 2.25. The number of nitrogens with zero attached hydrogens (tertiary/aromatic N) is 1. The number of aromatic nitrogens is 1. The number of hydrogen-bond acceptors (Lipinski definition) is 2. The van der Waals surface area contributed by atoms with Crippen LogP contribution in [0.4, 0.5) is 0 Å². The summed E-state index contributed by atoms with van der Waals surface area (Å²) < 4.78 is 1.81. The van der Waals surface area contributed by atoms with Crippen molar-refractivity contribution in [2.75, 3.05) is 0 Å². The maximum absolute atomic E-state index is 12.1. The number of carbonyl (C=O) groups excluding carboxylic acids is 1. The first kappa shape index (κ1) is 13.4. The van der Waals surface area contributed by atoms with Gasteiger partial charge in [-0.1, -0.05) is 24.4 Å². The summed E-state index contributed by atoms with van der Waals surface area (Å²) in [5.74, 6) is -0.158. The molecule has 1 aliphatic carbocycles. The van der Waals surface area contributed by atoms with Gasteiger partial charge >= 0.3 is 0 Å². The molecule has 2 rings (SSSR count). The topological polar surface area (TPSA) is 54.3 Å². The highest BCUT2D eigenvalue weighted by Crippen LogP contribution is 2.20. The molecule has 0 spiro atoms. The molecule has 5 heteroatoms. The van der Waals surface area contributed by atoms with Gasteiger partial charge in [-0.2, -0.15) is 0 Å². The number of halogens is 1. The van der Waals surface area contributed by atoms with Crippen LogP contribution in [-0.4, -0.2) is 27.7 Å². The molecule has 0 bridgehead atoms. The second kappa shape index (κ2) is 5.76. The Morgan fingerprint density at radius 2 is 2.28 bits per heavy atom. The van der Waals surface area contributed by atoms with Gasteiger partial charge in [0.15, 0.2) is 0 Å². The normalized spacial score (nSPS) is 23.9. The predicted octanol–water partition coefficient (Wildman–Crippen LogP) is 2.19. The van der Waals surface area contributed by atoms with E-state index >= 15 is 0 Å². The third kappa shape index (κ3) is 2.87. The van der Waals surface area contributed by atoms with Gasteiger partial charge in [-0.3, -0.25) is 4.79 Å². The number of hydrogen-bond donors (Lipinski definition) is 2. The minimum Gasteiger partial charge on any atom is -0.391 e. The van der Waals surface area contributed by atoms with E-state index in [-0.39, 0.29) is 11.9 Å². The molecule has 100 valence electrons. The summed E-state index contributed by atoms with van der Waals surface area (Å²) in [5.41, 5.74) is 0.556. The molecule has 2 N–H and O–H groups in total. The number of amides is 1. The Balaban J connectivity index is 2.06. The summed E-state index contributed by atoms with van der Waals surface area (Å²) in [5, 5.41) is 13.3. The number of aliphatic hydroxyl groups excluding tert-OH is 1. The molecule has 0 unspecified atom stereocenters. The Morgan fingerprint density at radius 3 is 2.94 bits per heavy atom. The van der Waals surface area contributed by atoms with Gasteiger partial charge in [0.25, 0.3) is 5.91 Å². The van der Waals surface area contributed by atoms with Crippen LogP contribution in [0.2, 0.25) is 5.02 Å². The summed E-state index contributed by atoms with van der Waals surface area (Å²) in [4.78, 5) is 12.1. The van der Waals surface area contributed by atoms with E-state index in [1.807, 2.05) is 11.5 Å². The van der Waals surface area contributed by atoms with E-state index in [9.17, 15) is 9.90 Å². The van der Waals surface area contributed by atoms with Crippen LogP contribution in [0.3, 0.4) is 0 Å². The van der Waals surface area contributed by atoms with E-state index in [0.717, 1.165) is 25.7 Å². The lowest BCUT2D eigenvalue weighted by Crippen LogP contribution is -2.45. The molecular formula is C13H19ClN2O2. The van der Waals surface area contributed by atoms with Crippen LogP contribution in [0.1, 0.15) is 43.1 Å². The van der Waals surface area contributed by atoms with Crippen molar-refractivity contribution in [1.82, 2.24) is 9.88 Å². The third-order valence-corrected chi connectivity index (χ3v) is 3.69. The van der Waals surface area contributed by atoms with E-state index in [1.54, 1.807) is 12.3 Å². The van der Waals surface area contributed by atoms with Gasteiger partial charge in [-0.15, -0.1) is 0 Å². The first-order valence-electron chi connectivity index (χ1n) is 6.46. The Bertz CT molecular complexity index is 431. The molecule has 1 aromatic rings. The standard InChI is InChI=1S/C13H19ClN2O2/c1-2-16-8-9(14)7-11(16)13(18)15-10-5-3-4-6-12(10)17/h7-8,10,12,17H,2-6H2,1H3,(H,15,18)/t10-,12-/m0/s1. The van der Waals surface area contributed by atoms with Gasteiger partial charge in [0, 0.05) is 12.7 Å². The number of carbonyl (C=O) groups is 1. The maximum Gasteiger partial charge on any atom is 0.268 e. The lowest BCUT2D eigenvalue weighted by atomic mass is 9.92. The second-order valence-electron chi connectivity index (χ2n) is 4.76. The molecule has 18 heavy (non-hydrogen) atoms. The molecule has 0 saturated heterocycles. The van der Waals surface area contributed by atoms with Gasteiger partial charge in [-0.25, -0.2) is 0 Å². The Morgan fingerprint density at radius 1 is 1.56 bits per heavy atom. The molecule has 0 aromatic carbocycles. The molecule has 2 atom stereocenters. The van der Waals surface area contributed by atoms with Gasteiger partial charge in [0.1, 0.15) is 5.69 Å². The summed E-state index contributed by atoms with van der Waals surface area (Å²) >= 11 is 5.91. The van der Waals surface area contributed by atoms with Crippen molar-refractivity contribution in [2.24, 2.45) is 0 Å². The highest BCUT2D eigenvalue weighted by molar-refractivity contribution is 6.31. The molecule has 1 amide bonds. The summed E-state index contributed by atoms with van der Waals surface area (Å²) in [6.45, 7) is 2.66. The minimum atomic E-state index is -0.428. The lowest BCUT2D eigenvalue weighted by Gasteiger charge is -2.28. The van der Waals surface area contributed by atoms with Crippen molar-refractivity contribution >= 4 is 17.5 Å². The molecule has 1 heterocycles.